The molecule has 5 unspecified atom stereocenters. The predicted molar refractivity (Wildman–Crippen MR) is 172 cm³/mol. The van der Waals surface area contributed by atoms with Crippen molar-refractivity contribution in [3.63, 3.8) is 0 Å². The van der Waals surface area contributed by atoms with Gasteiger partial charge in [-0.1, -0.05) is 6.92 Å². The number of nitrogens with one attached hydrogen (secondary N) is 1. The van der Waals surface area contributed by atoms with Crippen LogP contribution in [0.2, 0.25) is 0 Å². The SMILES string of the molecule is C=CCN1C2CCC1I(C)N(C(c1ccc(C(=O)NC(CC)CCCC)cc1)c1cccc(OC)c1)C2CC. The number of methoxy groups -OCH3 is 1. The number of fused-ring (bicyclic) bond motifs is 2. The molecular formula is C33H48IN3O2. The molecule has 39 heavy (non-hydrogen) atoms. The van der Waals surface area contributed by atoms with Crippen molar-refractivity contribution in [3.8, 4) is 5.75 Å². The van der Waals surface area contributed by atoms with Gasteiger partial charge in [0.15, 0.2) is 0 Å². The molecule has 214 valence electrons. The zero-order valence-corrected chi connectivity index (χ0v) is 26.7. The molecule has 2 bridgehead atoms. The van der Waals surface area contributed by atoms with E-state index in [0.717, 1.165) is 50.0 Å². The average Bonchev–Trinajstić information content (AvgIpc) is 3.31. The predicted octanol–water partition coefficient (Wildman–Crippen LogP) is 7.61. The van der Waals surface area contributed by atoms with E-state index in [4.69, 9.17) is 4.74 Å². The van der Waals surface area contributed by atoms with Crippen LogP contribution in [-0.4, -0.2) is 54.7 Å². The summed E-state index contributed by atoms with van der Waals surface area (Å²) in [7, 11) is 1.74. The Bertz CT molecular complexity index is 1090. The van der Waals surface area contributed by atoms with Crippen LogP contribution in [0.1, 0.15) is 93.2 Å². The molecule has 5 nitrogen and oxygen atoms in total. The Morgan fingerprint density at radius 1 is 1.15 bits per heavy atom. The van der Waals surface area contributed by atoms with E-state index in [-0.39, 0.29) is 18.0 Å². The molecular weight excluding hydrogens is 597 g/mol. The van der Waals surface area contributed by atoms with Crippen molar-refractivity contribution in [2.24, 2.45) is 0 Å². The van der Waals surface area contributed by atoms with Gasteiger partial charge in [-0.15, -0.1) is 0 Å². The van der Waals surface area contributed by atoms with Gasteiger partial charge >= 0.3 is 238 Å². The van der Waals surface area contributed by atoms with Gasteiger partial charge in [0.1, 0.15) is 0 Å². The molecule has 5 atom stereocenters. The van der Waals surface area contributed by atoms with E-state index in [1.165, 1.54) is 24.0 Å². The molecule has 2 heterocycles. The number of benzene rings is 2. The molecule has 4 rings (SSSR count). The Hall–Kier alpha value is -1.90. The van der Waals surface area contributed by atoms with Gasteiger partial charge in [-0.25, -0.2) is 0 Å². The van der Waals surface area contributed by atoms with Crippen molar-refractivity contribution in [2.45, 2.75) is 93.9 Å². The van der Waals surface area contributed by atoms with Gasteiger partial charge in [0.2, 0.25) is 0 Å². The molecule has 2 aromatic rings. The van der Waals surface area contributed by atoms with E-state index in [0.29, 0.717) is 16.1 Å². The van der Waals surface area contributed by atoms with Crippen LogP contribution in [0.5, 0.6) is 5.75 Å². The third kappa shape index (κ3) is 6.54. The summed E-state index contributed by atoms with van der Waals surface area (Å²) in [4.78, 5) is 18.4. The van der Waals surface area contributed by atoms with E-state index >= 15 is 0 Å². The normalized spacial score (nSPS) is 23.8. The van der Waals surface area contributed by atoms with Gasteiger partial charge in [0.05, 0.1) is 0 Å². The minimum absolute atomic E-state index is 0.0360. The summed E-state index contributed by atoms with van der Waals surface area (Å²) >= 11 is -1.57. The number of rotatable bonds is 13. The first-order valence-electron chi connectivity index (χ1n) is 14.8. The zero-order valence-electron chi connectivity index (χ0n) is 24.5. The van der Waals surface area contributed by atoms with Crippen LogP contribution in [0.3, 0.4) is 0 Å². The second kappa shape index (κ2) is 14.1. The first kappa shape index (κ1) is 30.1. The topological polar surface area (TPSA) is 44.8 Å². The number of hydrogen-bond acceptors (Lipinski definition) is 4. The summed E-state index contributed by atoms with van der Waals surface area (Å²) in [5.74, 6) is 0.929. The molecule has 2 aliphatic heterocycles. The number of halogens is 1. The van der Waals surface area contributed by atoms with Crippen molar-refractivity contribution < 1.29 is 9.53 Å². The Balaban J connectivity index is 1.68. The molecule has 2 aromatic carbocycles. The van der Waals surface area contributed by atoms with E-state index < -0.39 is 20.1 Å². The molecule has 0 aromatic heterocycles. The average molecular weight is 646 g/mol. The van der Waals surface area contributed by atoms with Crippen LogP contribution in [-0.2, 0) is 0 Å². The molecule has 1 amide bonds. The monoisotopic (exact) mass is 645 g/mol. The van der Waals surface area contributed by atoms with Gasteiger partial charge in [-0.05, 0) is 0 Å². The van der Waals surface area contributed by atoms with E-state index in [1.54, 1.807) is 7.11 Å². The van der Waals surface area contributed by atoms with E-state index in [1.807, 2.05) is 18.2 Å². The first-order valence-corrected chi connectivity index (χ1v) is 19.1. The fourth-order valence-electron chi connectivity index (χ4n) is 6.49. The van der Waals surface area contributed by atoms with E-state index in [9.17, 15) is 4.79 Å². The van der Waals surface area contributed by atoms with Crippen LogP contribution in [0, 0.1) is 0 Å². The van der Waals surface area contributed by atoms with Crippen LogP contribution >= 0.6 is 20.1 Å². The molecule has 6 heteroatoms. The van der Waals surface area contributed by atoms with E-state index in [2.05, 4.69) is 82.0 Å². The quantitative estimate of drug-likeness (QED) is 0.0802. The molecule has 2 saturated heterocycles. The Morgan fingerprint density at radius 3 is 2.56 bits per heavy atom. The Morgan fingerprint density at radius 2 is 1.92 bits per heavy atom. The number of amides is 1. The van der Waals surface area contributed by atoms with Gasteiger partial charge in [-0.3, -0.25) is 0 Å². The van der Waals surface area contributed by atoms with Crippen LogP contribution in [0.4, 0.5) is 0 Å². The summed E-state index contributed by atoms with van der Waals surface area (Å²) in [5, 5.41) is 3.26. The number of alkyl halides is 2. The first-order chi connectivity index (χ1) is 19.0. The number of ether oxygens (including phenoxy) is 1. The van der Waals surface area contributed by atoms with Gasteiger partial charge in [-0.2, -0.15) is 0 Å². The van der Waals surface area contributed by atoms with Crippen LogP contribution in [0.15, 0.2) is 61.2 Å². The number of nitrogens with zero attached hydrogens (tertiary/aromatic N) is 2. The van der Waals surface area contributed by atoms with Crippen molar-refractivity contribution >= 4 is 26.0 Å². The molecule has 0 spiro atoms. The minimum atomic E-state index is -1.57. The number of unbranched alkanes of at least 4 members (excludes halogenated alkanes) is 1. The second-order valence-corrected chi connectivity index (χ2v) is 16.2. The van der Waals surface area contributed by atoms with Crippen LogP contribution in [0.25, 0.3) is 0 Å². The summed E-state index contributed by atoms with van der Waals surface area (Å²) in [5.41, 5.74) is 3.28. The number of carbonyl (C=O) groups excluding carboxylic acids is 1. The van der Waals surface area contributed by atoms with Gasteiger partial charge in [0, 0.05) is 0 Å². The third-order valence-electron chi connectivity index (χ3n) is 8.56. The second-order valence-electron chi connectivity index (χ2n) is 10.9. The standard InChI is InChI=1S/C33H48IN3O2/c1-7-11-14-27(9-3)35-33(38)25-18-16-24(17-19-25)32(26-13-12-15-28(23-26)39-6)37-29(10-4)30-20-21-31(34(37)5)36(30)22-8-2/h8,12-13,15-19,23,27,29-32H,2,7,9-11,14,20-22H2,1,3-6H3,(H,35,38). The summed E-state index contributed by atoms with van der Waals surface area (Å²) in [6, 6.07) is 18.5. The number of hydrogen-bond donors (Lipinski definition) is 1. The molecule has 0 saturated carbocycles. The molecule has 2 aliphatic rings. The maximum absolute atomic E-state index is 13.1. The molecule has 0 radical (unpaired) electrons. The van der Waals surface area contributed by atoms with Gasteiger partial charge < -0.3 is 0 Å². The van der Waals surface area contributed by atoms with Crippen LogP contribution < -0.4 is 10.1 Å². The van der Waals surface area contributed by atoms with Crippen molar-refractivity contribution in [2.75, 3.05) is 18.6 Å². The molecule has 1 N–H and O–H groups in total. The maximum atomic E-state index is 13.1. The van der Waals surface area contributed by atoms with Crippen molar-refractivity contribution in [3.05, 3.63) is 77.9 Å². The summed E-state index contributed by atoms with van der Waals surface area (Å²) < 4.78 is 9.26. The molecule has 2 fully saturated rings. The Kier molecular flexibility index (Phi) is 10.9. The third-order valence-corrected chi connectivity index (χ3v) is 15.0. The van der Waals surface area contributed by atoms with Gasteiger partial charge in [0.25, 0.3) is 0 Å². The zero-order chi connectivity index (χ0) is 27.9. The Labute approximate surface area is 244 Å². The summed E-state index contributed by atoms with van der Waals surface area (Å²) in [6.07, 6.45) is 10.1. The van der Waals surface area contributed by atoms with Crippen molar-refractivity contribution in [1.82, 2.24) is 13.3 Å². The fraction of sp³-hybridized carbons (Fsp3) is 0.545. The van der Waals surface area contributed by atoms with Crippen molar-refractivity contribution in [1.29, 1.82) is 0 Å². The fourth-order valence-corrected chi connectivity index (χ4v) is 13.6. The number of carbonyl (C=O) groups is 1. The molecule has 0 aliphatic carbocycles. The summed E-state index contributed by atoms with van der Waals surface area (Å²) in [6.45, 7) is 11.8.